The van der Waals surface area contributed by atoms with Crippen molar-refractivity contribution in [2.75, 3.05) is 19.1 Å². The Hall–Kier alpha value is -1.40. The van der Waals surface area contributed by atoms with E-state index in [1.165, 1.54) is 4.68 Å². The van der Waals surface area contributed by atoms with Crippen LogP contribution in [0, 0.1) is 9.62 Å². The van der Waals surface area contributed by atoms with Crippen LogP contribution in [-0.2, 0) is 18.6 Å². The zero-order valence-electron chi connectivity index (χ0n) is 19.9. The fourth-order valence-corrected chi connectivity index (χ4v) is 4.60. The predicted molar refractivity (Wildman–Crippen MR) is 148 cm³/mol. The van der Waals surface area contributed by atoms with Crippen molar-refractivity contribution in [2.24, 2.45) is 5.92 Å². The summed E-state index contributed by atoms with van der Waals surface area (Å²) in [5.41, 5.74) is 2.61. The van der Waals surface area contributed by atoms with Crippen LogP contribution in [0.3, 0.4) is 0 Å². The molecule has 2 N–H and O–H groups in total. The van der Waals surface area contributed by atoms with Gasteiger partial charge in [-0.3, -0.25) is 0 Å². The molecule has 1 unspecified atom stereocenters. The Balaban J connectivity index is 1.61. The molecule has 2 atom stereocenters. The van der Waals surface area contributed by atoms with Gasteiger partial charge in [0.2, 0.25) is 0 Å². The van der Waals surface area contributed by atoms with Gasteiger partial charge in [-0.15, -0.1) is 16.7 Å². The second-order valence-corrected chi connectivity index (χ2v) is 11.2. The first-order chi connectivity index (χ1) is 16.6. The molecule has 0 aliphatic carbocycles. The summed E-state index contributed by atoms with van der Waals surface area (Å²) in [4.78, 5) is 0. The SMILES string of the molecule is CC(CCl)COc1ccc(C(C)(C)c2ccc(OC[C@@H](O)Cn3nnc([123I])c3CO)cc2)cc1Br. The van der Waals surface area contributed by atoms with E-state index in [0.717, 1.165) is 21.3 Å². The average molecular weight is 675 g/mol. The highest BCUT2D eigenvalue weighted by molar-refractivity contribution is 14.1. The van der Waals surface area contributed by atoms with E-state index in [0.29, 0.717) is 27.6 Å². The zero-order valence-corrected chi connectivity index (χ0v) is 24.4. The molecule has 3 aromatic rings. The highest BCUT2D eigenvalue weighted by atomic mass is 123. The zero-order chi connectivity index (χ0) is 25.6. The number of halogens is 3. The van der Waals surface area contributed by atoms with Crippen LogP contribution in [0.5, 0.6) is 11.5 Å². The van der Waals surface area contributed by atoms with Crippen LogP contribution >= 0.6 is 50.1 Å². The lowest BCUT2D eigenvalue weighted by Crippen LogP contribution is -2.25. The van der Waals surface area contributed by atoms with Gasteiger partial charge in [0, 0.05) is 17.2 Å². The minimum atomic E-state index is -0.792. The van der Waals surface area contributed by atoms with Gasteiger partial charge in [-0.2, -0.15) is 0 Å². The molecule has 0 amide bonds. The number of aliphatic hydroxyl groups is 2. The third-order valence-electron chi connectivity index (χ3n) is 5.78. The maximum atomic E-state index is 10.3. The van der Waals surface area contributed by atoms with E-state index >= 15 is 0 Å². The Morgan fingerprint density at radius 3 is 2.43 bits per heavy atom. The third kappa shape index (κ3) is 7.31. The number of nitrogens with zero attached hydrogens (tertiary/aromatic N) is 3. The summed E-state index contributed by atoms with van der Waals surface area (Å²) in [6.45, 7) is 7.07. The molecule has 0 fully saturated rings. The van der Waals surface area contributed by atoms with Crippen LogP contribution in [0.15, 0.2) is 46.9 Å². The molecule has 1 heterocycles. The number of hydrogen-bond donors (Lipinski definition) is 2. The largest absolute Gasteiger partial charge is 0.492 e. The summed E-state index contributed by atoms with van der Waals surface area (Å²) < 4.78 is 14.7. The molecule has 0 aliphatic rings. The Morgan fingerprint density at radius 1 is 1.11 bits per heavy atom. The smallest absolute Gasteiger partial charge is 0.149 e. The van der Waals surface area contributed by atoms with Crippen LogP contribution < -0.4 is 9.47 Å². The molecule has 190 valence electrons. The molecule has 0 bridgehead atoms. The van der Waals surface area contributed by atoms with Crippen molar-refractivity contribution < 1.29 is 19.7 Å². The molecule has 10 heteroatoms. The van der Waals surface area contributed by atoms with Crippen molar-refractivity contribution in [3.05, 3.63) is 67.5 Å². The topological polar surface area (TPSA) is 89.6 Å². The minimum Gasteiger partial charge on any atom is -0.492 e. The lowest BCUT2D eigenvalue weighted by Gasteiger charge is -2.27. The Morgan fingerprint density at radius 2 is 1.80 bits per heavy atom. The molecule has 1 aromatic heterocycles. The fraction of sp³-hybridized carbons (Fsp3) is 0.440. The van der Waals surface area contributed by atoms with E-state index in [2.05, 4.69) is 59.1 Å². The Bertz CT molecular complexity index is 1110. The predicted octanol–water partition coefficient (Wildman–Crippen LogP) is 5.16. The fourth-order valence-electron chi connectivity index (χ4n) is 3.47. The van der Waals surface area contributed by atoms with Crippen molar-refractivity contribution in [1.29, 1.82) is 0 Å². The van der Waals surface area contributed by atoms with Gasteiger partial charge >= 0.3 is 0 Å². The number of aliphatic hydroxyl groups excluding tert-OH is 2. The van der Waals surface area contributed by atoms with Crippen LogP contribution in [0.4, 0.5) is 0 Å². The summed E-state index contributed by atoms with van der Waals surface area (Å²) in [6.07, 6.45) is -0.792. The van der Waals surface area contributed by atoms with Gasteiger partial charge in [0.15, 0.2) is 0 Å². The first-order valence-corrected chi connectivity index (χ1v) is 13.6. The lowest BCUT2D eigenvalue weighted by atomic mass is 9.78. The van der Waals surface area contributed by atoms with Crippen molar-refractivity contribution in [3.8, 4) is 11.5 Å². The molecule has 3 rings (SSSR count). The van der Waals surface area contributed by atoms with Crippen LogP contribution in [0.25, 0.3) is 0 Å². The molecule has 2 aromatic carbocycles. The summed E-state index contributed by atoms with van der Waals surface area (Å²) in [5.74, 6) is 2.31. The van der Waals surface area contributed by atoms with E-state index in [1.807, 2.05) is 52.9 Å². The maximum absolute atomic E-state index is 10.3. The number of benzene rings is 2. The molecule has 0 aliphatic heterocycles. The highest BCUT2D eigenvalue weighted by Crippen LogP contribution is 2.36. The third-order valence-corrected chi connectivity index (χ3v) is 7.77. The summed E-state index contributed by atoms with van der Waals surface area (Å²) in [6, 6.07) is 14.0. The number of ether oxygens (including phenoxy) is 2. The van der Waals surface area contributed by atoms with E-state index < -0.39 is 6.10 Å². The van der Waals surface area contributed by atoms with Gasteiger partial charge in [-0.25, -0.2) is 4.68 Å². The lowest BCUT2D eigenvalue weighted by molar-refractivity contribution is 0.0866. The first-order valence-electron chi connectivity index (χ1n) is 11.2. The van der Waals surface area contributed by atoms with Gasteiger partial charge in [-0.1, -0.05) is 44.2 Å². The number of aromatic nitrogens is 3. The first kappa shape index (κ1) is 28.2. The molecule has 7 nitrogen and oxygen atoms in total. The van der Waals surface area contributed by atoms with E-state index in [1.54, 1.807) is 0 Å². The second kappa shape index (κ2) is 12.7. The summed E-state index contributed by atoms with van der Waals surface area (Å²) in [7, 11) is 0. The number of rotatable bonds is 12. The molecule has 35 heavy (non-hydrogen) atoms. The van der Waals surface area contributed by atoms with E-state index in [-0.39, 0.29) is 31.1 Å². The van der Waals surface area contributed by atoms with Crippen LogP contribution in [0.1, 0.15) is 37.6 Å². The van der Waals surface area contributed by atoms with Crippen LogP contribution in [0.2, 0.25) is 0 Å². The maximum Gasteiger partial charge on any atom is 0.149 e. The number of hydrogen-bond acceptors (Lipinski definition) is 6. The Kier molecular flexibility index (Phi) is 10.2. The van der Waals surface area contributed by atoms with Gasteiger partial charge in [0.1, 0.15) is 27.9 Å². The molecular formula is C25H30BrClIN3O4. The normalized spacial score (nSPS) is 13.5. The van der Waals surface area contributed by atoms with Gasteiger partial charge < -0.3 is 19.7 Å². The average Bonchev–Trinajstić information content (AvgIpc) is 3.20. The summed E-state index contributed by atoms with van der Waals surface area (Å²) >= 11 is 11.5. The monoisotopic (exact) mass is 673 g/mol. The number of alkyl halides is 1. The Labute approximate surface area is 233 Å². The van der Waals surface area contributed by atoms with Gasteiger partial charge in [0.25, 0.3) is 0 Å². The van der Waals surface area contributed by atoms with Crippen molar-refractivity contribution in [1.82, 2.24) is 15.0 Å². The molecular weight excluding hydrogens is 645 g/mol. The summed E-state index contributed by atoms with van der Waals surface area (Å²) in [5, 5.41) is 27.6. The molecule has 0 saturated heterocycles. The standard InChI is InChI=1S/C25H30BrClIN3O4/c1-16(11-27)14-35-23-9-6-18(10-21(23)26)25(2,3)17-4-7-20(8-5-17)34-15-19(33)12-31-22(13-32)24(28)29-30-31/h4-10,16,19,32-33H,11-15H2,1-3H3/t16?,19-/m0/s1/i28-4. The van der Waals surface area contributed by atoms with Gasteiger partial charge in [-0.05, 0) is 73.9 Å². The quantitative estimate of drug-likeness (QED) is 0.204. The highest BCUT2D eigenvalue weighted by Gasteiger charge is 2.24. The van der Waals surface area contributed by atoms with E-state index in [9.17, 15) is 10.2 Å². The van der Waals surface area contributed by atoms with Crippen LogP contribution in [-0.4, -0.2) is 50.4 Å². The van der Waals surface area contributed by atoms with Crippen molar-refractivity contribution in [3.63, 3.8) is 0 Å². The second-order valence-electron chi connectivity index (χ2n) is 9.00. The molecule has 0 saturated carbocycles. The minimum absolute atomic E-state index is 0.0980. The molecule has 0 radical (unpaired) electrons. The van der Waals surface area contributed by atoms with Gasteiger partial charge in [0.05, 0.1) is 29.9 Å². The van der Waals surface area contributed by atoms with Crippen molar-refractivity contribution in [2.45, 2.75) is 45.4 Å². The molecule has 0 spiro atoms. The van der Waals surface area contributed by atoms with E-state index in [4.69, 9.17) is 21.1 Å². The van der Waals surface area contributed by atoms with Crippen molar-refractivity contribution >= 4 is 50.1 Å².